The molecule has 1 aromatic carbocycles. The van der Waals surface area contributed by atoms with Gasteiger partial charge in [0.1, 0.15) is 0 Å². The molecule has 2 aromatic heterocycles. The average Bonchev–Trinajstić information content (AvgIpc) is 2.92. The number of aromatic nitrogens is 3. The van der Waals surface area contributed by atoms with Gasteiger partial charge in [-0.3, -0.25) is 0 Å². The first-order valence-corrected chi connectivity index (χ1v) is 5.89. The van der Waals surface area contributed by atoms with Crippen molar-refractivity contribution in [1.82, 2.24) is 14.6 Å². The number of hydrogen-bond acceptors (Lipinski definition) is 3. The fourth-order valence-electron chi connectivity index (χ4n) is 1.65. The van der Waals surface area contributed by atoms with Crippen LogP contribution in [0.5, 0.6) is 5.88 Å². The Morgan fingerprint density at radius 2 is 2.00 bits per heavy atom. The zero-order chi connectivity index (χ0) is 12.9. The Morgan fingerprint density at radius 3 is 2.89 bits per heavy atom. The number of hydrogen-bond donors (Lipinski definition) is 0. The molecule has 0 atom stereocenters. The van der Waals surface area contributed by atoms with Crippen molar-refractivity contribution >= 4 is 5.65 Å². The minimum Gasteiger partial charge on any atom is -0.464 e. The highest BCUT2D eigenvalue weighted by molar-refractivity contribution is 5.38. The van der Waals surface area contributed by atoms with E-state index in [1.54, 1.807) is 16.8 Å². The molecule has 0 spiro atoms. The first kappa shape index (κ1) is 11.3. The predicted molar refractivity (Wildman–Crippen MR) is 71.8 cm³/mol. The summed E-state index contributed by atoms with van der Waals surface area (Å²) in [7, 11) is 0. The predicted octanol–water partition coefficient (Wildman–Crippen LogP) is 2.16. The van der Waals surface area contributed by atoms with Crippen molar-refractivity contribution in [2.24, 2.45) is 0 Å². The first-order chi connectivity index (χ1) is 9.42. The lowest BCUT2D eigenvalue weighted by molar-refractivity contribution is 0.355. The monoisotopic (exact) mass is 249 g/mol. The van der Waals surface area contributed by atoms with E-state index in [2.05, 4.69) is 21.9 Å². The Hall–Kier alpha value is -2.80. The van der Waals surface area contributed by atoms with Gasteiger partial charge in [-0.05, 0) is 12.1 Å². The lowest BCUT2D eigenvalue weighted by Gasteiger charge is -2.00. The number of rotatable bonds is 2. The molecule has 0 N–H and O–H groups in total. The van der Waals surface area contributed by atoms with Gasteiger partial charge < -0.3 is 4.74 Å². The molecule has 0 aliphatic heterocycles. The van der Waals surface area contributed by atoms with Crippen LogP contribution in [0.4, 0.5) is 0 Å². The second-order valence-corrected chi connectivity index (χ2v) is 3.86. The van der Waals surface area contributed by atoms with Crippen LogP contribution in [-0.4, -0.2) is 21.2 Å². The van der Waals surface area contributed by atoms with Gasteiger partial charge in [0.25, 0.3) is 0 Å². The molecule has 3 aromatic rings. The van der Waals surface area contributed by atoms with Crippen molar-refractivity contribution in [2.45, 2.75) is 0 Å². The van der Waals surface area contributed by atoms with Crippen LogP contribution in [0, 0.1) is 11.8 Å². The molecule has 0 aliphatic rings. The van der Waals surface area contributed by atoms with E-state index in [9.17, 15) is 0 Å². The molecular formula is C15H11N3O. The highest BCUT2D eigenvalue weighted by Crippen LogP contribution is 2.07. The molecule has 0 amide bonds. The van der Waals surface area contributed by atoms with Crippen molar-refractivity contribution in [3.63, 3.8) is 0 Å². The number of fused-ring (bicyclic) bond motifs is 1. The Balaban J connectivity index is 1.65. The van der Waals surface area contributed by atoms with Gasteiger partial charge >= 0.3 is 0 Å². The minimum absolute atomic E-state index is 0.312. The molecule has 3 rings (SSSR count). The maximum atomic E-state index is 5.48. The fourth-order valence-corrected chi connectivity index (χ4v) is 1.65. The molecule has 0 unspecified atom stereocenters. The standard InChI is InChI=1S/C15H11N3O/c1-2-5-13(6-3-1)7-4-12-19-15-9-11-18-14(17-15)8-10-16-18/h1-3,5-6,8-11H,12H2. The molecule has 4 nitrogen and oxygen atoms in total. The molecule has 0 saturated heterocycles. The van der Waals surface area contributed by atoms with Gasteiger partial charge in [0, 0.05) is 23.9 Å². The molecule has 92 valence electrons. The quantitative estimate of drug-likeness (QED) is 0.653. The molecule has 2 heterocycles. The molecule has 0 saturated carbocycles. The average molecular weight is 249 g/mol. The Kier molecular flexibility index (Phi) is 3.11. The summed E-state index contributed by atoms with van der Waals surface area (Å²) in [4.78, 5) is 4.29. The molecular weight excluding hydrogens is 238 g/mol. The van der Waals surface area contributed by atoms with Gasteiger partial charge in [-0.2, -0.15) is 10.1 Å². The topological polar surface area (TPSA) is 39.4 Å². The third-order valence-electron chi connectivity index (χ3n) is 2.53. The van der Waals surface area contributed by atoms with Crippen LogP contribution in [0.25, 0.3) is 5.65 Å². The number of nitrogens with zero attached hydrogens (tertiary/aromatic N) is 3. The molecule has 0 radical (unpaired) electrons. The minimum atomic E-state index is 0.312. The Bertz CT molecular complexity index is 738. The summed E-state index contributed by atoms with van der Waals surface area (Å²) in [6, 6.07) is 13.4. The van der Waals surface area contributed by atoms with Gasteiger partial charge in [-0.15, -0.1) is 0 Å². The maximum absolute atomic E-state index is 5.48. The van der Waals surface area contributed by atoms with E-state index in [1.165, 1.54) is 0 Å². The molecule has 0 aliphatic carbocycles. The van der Waals surface area contributed by atoms with Gasteiger partial charge in [0.15, 0.2) is 12.3 Å². The van der Waals surface area contributed by atoms with Crippen LogP contribution in [0.2, 0.25) is 0 Å². The second-order valence-electron chi connectivity index (χ2n) is 3.86. The molecule has 4 heteroatoms. The SMILES string of the molecule is C(#Cc1ccccc1)COc1ccn2nccc2n1. The van der Waals surface area contributed by atoms with E-state index in [0.717, 1.165) is 11.2 Å². The number of benzene rings is 1. The highest BCUT2D eigenvalue weighted by atomic mass is 16.5. The van der Waals surface area contributed by atoms with E-state index >= 15 is 0 Å². The molecule has 0 bridgehead atoms. The van der Waals surface area contributed by atoms with Gasteiger partial charge in [-0.25, -0.2) is 4.52 Å². The summed E-state index contributed by atoms with van der Waals surface area (Å²) in [5.74, 6) is 6.54. The van der Waals surface area contributed by atoms with E-state index in [0.29, 0.717) is 12.5 Å². The third-order valence-corrected chi connectivity index (χ3v) is 2.53. The van der Waals surface area contributed by atoms with Crippen molar-refractivity contribution in [3.05, 3.63) is 60.4 Å². The fraction of sp³-hybridized carbons (Fsp3) is 0.0667. The molecule has 19 heavy (non-hydrogen) atoms. The summed E-state index contributed by atoms with van der Waals surface area (Å²) in [5.41, 5.74) is 1.74. The normalized spacial score (nSPS) is 9.89. The van der Waals surface area contributed by atoms with Crippen molar-refractivity contribution in [3.8, 4) is 17.7 Å². The van der Waals surface area contributed by atoms with E-state index < -0.39 is 0 Å². The van der Waals surface area contributed by atoms with Gasteiger partial charge in [0.05, 0.1) is 6.20 Å². The highest BCUT2D eigenvalue weighted by Gasteiger charge is 1.97. The summed E-state index contributed by atoms with van der Waals surface area (Å²) >= 11 is 0. The van der Waals surface area contributed by atoms with Crippen LogP contribution in [-0.2, 0) is 0 Å². The smallest absolute Gasteiger partial charge is 0.217 e. The van der Waals surface area contributed by atoms with Gasteiger partial charge in [-0.1, -0.05) is 30.0 Å². The Morgan fingerprint density at radius 1 is 1.11 bits per heavy atom. The van der Waals surface area contributed by atoms with Crippen LogP contribution in [0.1, 0.15) is 5.56 Å². The van der Waals surface area contributed by atoms with Crippen molar-refractivity contribution < 1.29 is 4.74 Å². The lowest BCUT2D eigenvalue weighted by Crippen LogP contribution is -1.98. The summed E-state index contributed by atoms with van der Waals surface area (Å²) < 4.78 is 7.16. The van der Waals surface area contributed by atoms with Gasteiger partial charge in [0.2, 0.25) is 5.88 Å². The van der Waals surface area contributed by atoms with Crippen LogP contribution < -0.4 is 4.74 Å². The van der Waals surface area contributed by atoms with Crippen LogP contribution in [0.3, 0.4) is 0 Å². The molecule has 0 fully saturated rings. The third kappa shape index (κ3) is 2.72. The maximum Gasteiger partial charge on any atom is 0.217 e. The summed E-state index contributed by atoms with van der Waals surface area (Å²) in [6.07, 6.45) is 3.50. The van der Waals surface area contributed by atoms with E-state index in [4.69, 9.17) is 4.74 Å². The van der Waals surface area contributed by atoms with Crippen LogP contribution in [0.15, 0.2) is 54.9 Å². The second kappa shape index (κ2) is 5.23. The zero-order valence-electron chi connectivity index (χ0n) is 10.2. The van der Waals surface area contributed by atoms with Crippen LogP contribution >= 0.6 is 0 Å². The largest absolute Gasteiger partial charge is 0.464 e. The van der Waals surface area contributed by atoms with Crippen molar-refractivity contribution in [1.29, 1.82) is 0 Å². The first-order valence-electron chi connectivity index (χ1n) is 5.89. The van der Waals surface area contributed by atoms with Crippen molar-refractivity contribution in [2.75, 3.05) is 6.61 Å². The lowest BCUT2D eigenvalue weighted by atomic mass is 10.2. The zero-order valence-corrected chi connectivity index (χ0v) is 10.2. The summed E-state index contributed by atoms with van der Waals surface area (Å²) in [6.45, 7) is 0.312. The summed E-state index contributed by atoms with van der Waals surface area (Å²) in [5, 5.41) is 4.07. The Labute approximate surface area is 110 Å². The van der Waals surface area contributed by atoms with E-state index in [1.807, 2.05) is 42.6 Å². The number of ether oxygens (including phenoxy) is 1. The van der Waals surface area contributed by atoms with E-state index in [-0.39, 0.29) is 0 Å².